The van der Waals surface area contributed by atoms with Crippen LogP contribution in [-0.2, 0) is 9.31 Å². The van der Waals surface area contributed by atoms with Crippen LogP contribution in [0.2, 0.25) is 0 Å². The predicted molar refractivity (Wildman–Crippen MR) is 89.8 cm³/mol. The molecule has 1 aliphatic rings. The molecule has 0 radical (unpaired) electrons. The summed E-state index contributed by atoms with van der Waals surface area (Å²) < 4.78 is 26.2. The van der Waals surface area contributed by atoms with Crippen molar-refractivity contribution >= 4 is 19.5 Å². The predicted octanol–water partition coefficient (Wildman–Crippen LogP) is 2.87. The number of rotatable bonds is 5. The number of benzene rings is 1. The molecule has 0 unspecified atom stereocenters. The minimum atomic E-state index is -0.544. The monoisotopic (exact) mass is 319 g/mol. The molecule has 0 aromatic heterocycles. The molecule has 0 saturated carbocycles. The first-order chi connectivity index (χ1) is 10.7. The van der Waals surface area contributed by atoms with E-state index in [9.17, 15) is 9.18 Å². The maximum Gasteiger partial charge on any atom is 0.491 e. The van der Waals surface area contributed by atoms with Crippen LogP contribution in [0.25, 0.3) is 6.08 Å². The Kier molecular flexibility index (Phi) is 5.09. The molecule has 0 amide bonds. The molecule has 124 valence electrons. The molecule has 0 bridgehead atoms. The van der Waals surface area contributed by atoms with Crippen molar-refractivity contribution in [2.75, 3.05) is 13.6 Å². The summed E-state index contributed by atoms with van der Waals surface area (Å²) in [6, 6.07) is 4.39. The molecule has 1 aromatic rings. The number of carbonyl (C=O) groups excluding carboxylic acids is 1. The van der Waals surface area contributed by atoms with E-state index in [1.807, 2.05) is 34.7 Å². The SMILES string of the molecule is CNCC(=Cc1ccc(C=O)cc1F)B1OC(C)(C)C(C)(C)O1. The van der Waals surface area contributed by atoms with Crippen molar-refractivity contribution in [1.82, 2.24) is 5.32 Å². The zero-order valence-electron chi connectivity index (χ0n) is 14.3. The molecule has 0 spiro atoms. The normalized spacial score (nSPS) is 19.9. The van der Waals surface area contributed by atoms with E-state index in [0.29, 0.717) is 24.0 Å². The van der Waals surface area contributed by atoms with E-state index < -0.39 is 24.1 Å². The highest BCUT2D eigenvalue weighted by molar-refractivity contribution is 6.55. The van der Waals surface area contributed by atoms with Crippen molar-refractivity contribution in [3.63, 3.8) is 0 Å². The van der Waals surface area contributed by atoms with Crippen LogP contribution in [0.5, 0.6) is 0 Å². The molecule has 1 aliphatic heterocycles. The van der Waals surface area contributed by atoms with Gasteiger partial charge in [-0.05, 0) is 46.3 Å². The van der Waals surface area contributed by atoms with E-state index in [0.717, 1.165) is 5.47 Å². The highest BCUT2D eigenvalue weighted by Gasteiger charge is 2.52. The fraction of sp³-hybridized carbons (Fsp3) is 0.471. The average molecular weight is 319 g/mol. The number of hydrogen-bond donors (Lipinski definition) is 1. The fourth-order valence-corrected chi connectivity index (χ4v) is 2.33. The first-order valence-electron chi connectivity index (χ1n) is 7.65. The quantitative estimate of drug-likeness (QED) is 0.670. The maximum absolute atomic E-state index is 14.1. The molecule has 1 N–H and O–H groups in total. The molecular weight excluding hydrogens is 296 g/mol. The summed E-state index contributed by atoms with van der Waals surface area (Å²) in [4.78, 5) is 10.7. The van der Waals surface area contributed by atoms with Crippen LogP contribution in [-0.4, -0.2) is 38.2 Å². The van der Waals surface area contributed by atoms with Crippen molar-refractivity contribution in [3.8, 4) is 0 Å². The first kappa shape index (κ1) is 17.9. The summed E-state index contributed by atoms with van der Waals surface area (Å²) in [7, 11) is 1.27. The number of aldehydes is 1. The van der Waals surface area contributed by atoms with E-state index in [2.05, 4.69) is 5.32 Å². The minimum absolute atomic E-state index is 0.311. The van der Waals surface area contributed by atoms with Crippen molar-refractivity contribution in [1.29, 1.82) is 0 Å². The minimum Gasteiger partial charge on any atom is -0.400 e. The van der Waals surface area contributed by atoms with Gasteiger partial charge in [-0.2, -0.15) is 0 Å². The lowest BCUT2D eigenvalue weighted by Gasteiger charge is -2.32. The second-order valence-electron chi connectivity index (χ2n) is 6.74. The molecule has 4 nitrogen and oxygen atoms in total. The van der Waals surface area contributed by atoms with Crippen LogP contribution < -0.4 is 5.32 Å². The van der Waals surface area contributed by atoms with Crippen LogP contribution in [0.1, 0.15) is 43.6 Å². The Bertz CT molecular complexity index is 612. The maximum atomic E-state index is 14.1. The smallest absolute Gasteiger partial charge is 0.400 e. The average Bonchev–Trinajstić information content (AvgIpc) is 2.68. The Morgan fingerprint density at radius 3 is 2.35 bits per heavy atom. The van der Waals surface area contributed by atoms with Gasteiger partial charge >= 0.3 is 7.12 Å². The molecule has 6 heteroatoms. The van der Waals surface area contributed by atoms with Crippen molar-refractivity contribution in [2.45, 2.75) is 38.9 Å². The number of hydrogen-bond acceptors (Lipinski definition) is 4. The summed E-state index contributed by atoms with van der Waals surface area (Å²) in [6.45, 7) is 8.41. The molecule has 1 heterocycles. The largest absolute Gasteiger partial charge is 0.491 e. The topological polar surface area (TPSA) is 47.6 Å². The lowest BCUT2D eigenvalue weighted by atomic mass is 9.77. The Morgan fingerprint density at radius 1 is 1.26 bits per heavy atom. The third-order valence-electron chi connectivity index (χ3n) is 4.44. The van der Waals surface area contributed by atoms with Gasteiger partial charge in [-0.3, -0.25) is 4.79 Å². The second kappa shape index (κ2) is 6.55. The van der Waals surface area contributed by atoms with Crippen LogP contribution in [0.3, 0.4) is 0 Å². The summed E-state index contributed by atoms with van der Waals surface area (Å²) in [5.74, 6) is -0.445. The van der Waals surface area contributed by atoms with E-state index in [-0.39, 0.29) is 0 Å². The van der Waals surface area contributed by atoms with Crippen molar-refractivity contribution in [2.24, 2.45) is 0 Å². The van der Waals surface area contributed by atoms with Crippen LogP contribution in [0.15, 0.2) is 23.7 Å². The molecule has 1 saturated heterocycles. The standard InChI is InChI=1S/C17H23BFNO3/c1-16(2)17(3,4)23-18(22-16)14(10-20-5)9-13-7-6-12(11-21)8-15(13)19/h6-9,11,20H,10H2,1-5H3. The van der Waals surface area contributed by atoms with Gasteiger partial charge < -0.3 is 14.6 Å². The van der Waals surface area contributed by atoms with E-state index >= 15 is 0 Å². The van der Waals surface area contributed by atoms with Crippen molar-refractivity contribution < 1.29 is 18.5 Å². The van der Waals surface area contributed by atoms with Gasteiger partial charge in [0.05, 0.1) is 11.2 Å². The highest BCUT2D eigenvalue weighted by Crippen LogP contribution is 2.38. The number of nitrogens with one attached hydrogen (secondary N) is 1. The Balaban J connectivity index is 2.34. The molecule has 0 aliphatic carbocycles. The van der Waals surface area contributed by atoms with Gasteiger partial charge in [-0.15, -0.1) is 0 Å². The third-order valence-corrected chi connectivity index (χ3v) is 4.44. The van der Waals surface area contributed by atoms with Crippen LogP contribution >= 0.6 is 0 Å². The third kappa shape index (κ3) is 3.71. The second-order valence-corrected chi connectivity index (χ2v) is 6.74. The van der Waals surface area contributed by atoms with Crippen molar-refractivity contribution in [3.05, 3.63) is 40.6 Å². The lowest BCUT2D eigenvalue weighted by molar-refractivity contribution is 0.00578. The zero-order chi connectivity index (χ0) is 17.3. The fourth-order valence-electron chi connectivity index (χ4n) is 2.33. The van der Waals surface area contributed by atoms with E-state index in [4.69, 9.17) is 9.31 Å². The van der Waals surface area contributed by atoms with E-state index in [1.54, 1.807) is 18.2 Å². The Hall–Kier alpha value is -1.50. The molecule has 23 heavy (non-hydrogen) atoms. The number of carbonyl (C=O) groups is 1. The summed E-state index contributed by atoms with van der Waals surface area (Å²) >= 11 is 0. The van der Waals surface area contributed by atoms with Crippen LogP contribution in [0, 0.1) is 5.82 Å². The summed E-state index contributed by atoms with van der Waals surface area (Å²) in [6.07, 6.45) is 2.34. The van der Waals surface area contributed by atoms with Crippen LogP contribution in [0.4, 0.5) is 4.39 Å². The molecule has 2 rings (SSSR count). The Morgan fingerprint density at radius 2 is 1.87 bits per heavy atom. The Labute approximate surface area is 137 Å². The van der Waals surface area contributed by atoms with Gasteiger partial charge in [0.2, 0.25) is 0 Å². The van der Waals surface area contributed by atoms with Gasteiger partial charge in [0, 0.05) is 17.7 Å². The van der Waals surface area contributed by atoms with Gasteiger partial charge in [-0.25, -0.2) is 4.39 Å². The number of likely N-dealkylation sites (N-methyl/N-ethyl adjacent to an activating group) is 1. The lowest BCUT2D eigenvalue weighted by Crippen LogP contribution is -2.41. The summed E-state index contributed by atoms with van der Waals surface area (Å²) in [5, 5.41) is 3.05. The highest BCUT2D eigenvalue weighted by atomic mass is 19.1. The molecular formula is C17H23BFNO3. The van der Waals surface area contributed by atoms with Gasteiger partial charge in [0.25, 0.3) is 0 Å². The molecule has 1 fully saturated rings. The first-order valence-corrected chi connectivity index (χ1v) is 7.65. The number of halogens is 1. The van der Waals surface area contributed by atoms with E-state index in [1.165, 1.54) is 6.07 Å². The van der Waals surface area contributed by atoms with Gasteiger partial charge in [0.1, 0.15) is 12.1 Å². The summed E-state index contributed by atoms with van der Waals surface area (Å²) in [5.41, 5.74) is 0.597. The molecule has 1 aromatic carbocycles. The zero-order valence-corrected chi connectivity index (χ0v) is 14.3. The molecule has 0 atom stereocenters. The van der Waals surface area contributed by atoms with Gasteiger partial charge in [0.15, 0.2) is 0 Å². The van der Waals surface area contributed by atoms with Gasteiger partial charge in [-0.1, -0.05) is 18.2 Å².